The molecule has 1 unspecified atom stereocenters. The first kappa shape index (κ1) is 22.8. The Kier molecular flexibility index (Phi) is 8.54. The maximum Gasteiger partial charge on any atom is 0.223 e. The van der Waals surface area contributed by atoms with E-state index in [0.29, 0.717) is 36.6 Å². The van der Waals surface area contributed by atoms with Crippen LogP contribution in [0.5, 0.6) is 17.2 Å². The van der Waals surface area contributed by atoms with Gasteiger partial charge in [0.2, 0.25) is 11.7 Å². The Hall–Kier alpha value is -2.51. The Morgan fingerprint density at radius 3 is 2.52 bits per heavy atom. The molecule has 29 heavy (non-hydrogen) atoms. The number of nitrogens with one attached hydrogen (secondary N) is 1. The van der Waals surface area contributed by atoms with Crippen molar-refractivity contribution in [1.82, 2.24) is 15.2 Å². The lowest BCUT2D eigenvalue weighted by Gasteiger charge is -2.36. The van der Waals surface area contributed by atoms with Gasteiger partial charge < -0.3 is 24.4 Å². The molecule has 0 saturated carbocycles. The molecule has 1 saturated heterocycles. The van der Waals surface area contributed by atoms with Crippen LogP contribution in [0.25, 0.3) is 0 Å². The van der Waals surface area contributed by atoms with Crippen LogP contribution < -0.4 is 19.5 Å². The number of ether oxygens (including phenoxy) is 3. The Balaban J connectivity index is 0.00000300. The van der Waals surface area contributed by atoms with Crippen LogP contribution in [0.4, 0.5) is 0 Å². The molecule has 1 fully saturated rings. The van der Waals surface area contributed by atoms with Gasteiger partial charge in [-0.25, -0.2) is 0 Å². The van der Waals surface area contributed by atoms with E-state index in [4.69, 9.17) is 14.2 Å². The smallest absolute Gasteiger partial charge is 0.223 e. The van der Waals surface area contributed by atoms with Gasteiger partial charge in [0, 0.05) is 38.4 Å². The molecule has 2 aromatic rings. The maximum atomic E-state index is 13.0. The number of aryl methyl sites for hydroxylation is 1. The Bertz CT molecular complexity index is 779. The minimum atomic E-state index is 0. The van der Waals surface area contributed by atoms with Crippen LogP contribution >= 0.6 is 12.4 Å². The number of amides is 1. The zero-order valence-corrected chi connectivity index (χ0v) is 17.8. The number of methoxy groups -OCH3 is 3. The number of hydrogen-bond acceptors (Lipinski definition) is 6. The van der Waals surface area contributed by atoms with Gasteiger partial charge in [0.05, 0.1) is 27.4 Å². The van der Waals surface area contributed by atoms with E-state index < -0.39 is 0 Å². The Labute approximate surface area is 177 Å². The normalized spacial score (nSPS) is 16.0. The van der Waals surface area contributed by atoms with Gasteiger partial charge in [-0.3, -0.25) is 9.78 Å². The number of carbonyl (C=O) groups excluding carboxylic acids is 1. The summed E-state index contributed by atoms with van der Waals surface area (Å²) < 4.78 is 16.2. The molecule has 0 aliphatic carbocycles. The van der Waals surface area contributed by atoms with Crippen LogP contribution in [-0.2, 0) is 11.2 Å². The topological polar surface area (TPSA) is 72.9 Å². The lowest BCUT2D eigenvalue weighted by atomic mass is 10.0. The third-order valence-electron chi connectivity index (χ3n) is 4.98. The average Bonchev–Trinajstić information content (AvgIpc) is 2.77. The molecule has 1 aromatic heterocycles. The van der Waals surface area contributed by atoms with Crippen LogP contribution in [0, 0.1) is 0 Å². The highest BCUT2D eigenvalue weighted by Gasteiger charge is 2.27. The fourth-order valence-electron chi connectivity index (χ4n) is 3.55. The Morgan fingerprint density at radius 1 is 1.21 bits per heavy atom. The maximum absolute atomic E-state index is 13.0. The number of aromatic nitrogens is 1. The van der Waals surface area contributed by atoms with Gasteiger partial charge in [0.15, 0.2) is 11.5 Å². The third kappa shape index (κ3) is 5.31. The van der Waals surface area contributed by atoms with Crippen molar-refractivity contribution in [3.05, 3.63) is 47.8 Å². The molecule has 2 heterocycles. The van der Waals surface area contributed by atoms with E-state index in [1.54, 1.807) is 27.5 Å². The van der Waals surface area contributed by atoms with Crippen molar-refractivity contribution < 1.29 is 19.0 Å². The number of piperazine rings is 1. The van der Waals surface area contributed by atoms with Crippen molar-refractivity contribution in [3.63, 3.8) is 0 Å². The van der Waals surface area contributed by atoms with E-state index >= 15 is 0 Å². The van der Waals surface area contributed by atoms with Crippen molar-refractivity contribution in [2.24, 2.45) is 0 Å². The van der Waals surface area contributed by atoms with Gasteiger partial charge in [0.25, 0.3) is 0 Å². The molecule has 0 radical (unpaired) electrons. The average molecular weight is 422 g/mol. The molecule has 8 heteroatoms. The summed E-state index contributed by atoms with van der Waals surface area (Å²) >= 11 is 0. The summed E-state index contributed by atoms with van der Waals surface area (Å²) in [5, 5.41) is 3.37. The minimum absolute atomic E-state index is 0. The SMILES string of the molecule is COc1cc(CCC(=O)N2CCNCC2c2cccnc2)cc(OC)c1OC.Cl. The van der Waals surface area contributed by atoms with Gasteiger partial charge in [0.1, 0.15) is 0 Å². The van der Waals surface area contributed by atoms with Crippen LogP contribution in [0.2, 0.25) is 0 Å². The highest BCUT2D eigenvalue weighted by molar-refractivity contribution is 5.85. The quantitative estimate of drug-likeness (QED) is 0.740. The summed E-state index contributed by atoms with van der Waals surface area (Å²) in [5.74, 6) is 1.88. The molecule has 1 aromatic carbocycles. The molecule has 1 aliphatic heterocycles. The van der Waals surface area contributed by atoms with Crippen molar-refractivity contribution in [1.29, 1.82) is 0 Å². The standard InChI is InChI=1S/C21H27N3O4.ClH/c1-26-18-11-15(12-19(27-2)21(18)28-3)6-7-20(25)24-10-9-23-14-17(24)16-5-4-8-22-13-16;/h4-5,8,11-13,17,23H,6-7,9-10,14H2,1-3H3;1H. The molecule has 1 amide bonds. The number of hydrogen-bond donors (Lipinski definition) is 1. The summed E-state index contributed by atoms with van der Waals surface area (Å²) in [7, 11) is 4.75. The van der Waals surface area contributed by atoms with Crippen molar-refractivity contribution in [2.45, 2.75) is 18.9 Å². The first-order valence-corrected chi connectivity index (χ1v) is 9.37. The van der Waals surface area contributed by atoms with Gasteiger partial charge in [-0.2, -0.15) is 0 Å². The first-order chi connectivity index (χ1) is 13.7. The molecule has 3 rings (SSSR count). The monoisotopic (exact) mass is 421 g/mol. The minimum Gasteiger partial charge on any atom is -0.493 e. The highest BCUT2D eigenvalue weighted by atomic mass is 35.5. The number of pyridine rings is 1. The third-order valence-corrected chi connectivity index (χ3v) is 4.98. The zero-order chi connectivity index (χ0) is 19.9. The van der Waals surface area contributed by atoms with Gasteiger partial charge >= 0.3 is 0 Å². The van der Waals surface area contributed by atoms with E-state index in [1.807, 2.05) is 35.4 Å². The van der Waals surface area contributed by atoms with E-state index in [0.717, 1.165) is 24.2 Å². The second-order valence-electron chi connectivity index (χ2n) is 6.63. The predicted octanol–water partition coefficient (Wildman–Crippen LogP) is 2.63. The number of halogens is 1. The largest absolute Gasteiger partial charge is 0.493 e. The first-order valence-electron chi connectivity index (χ1n) is 9.37. The lowest BCUT2D eigenvalue weighted by molar-refractivity contribution is -0.134. The number of nitrogens with zero attached hydrogens (tertiary/aromatic N) is 2. The fourth-order valence-corrected chi connectivity index (χ4v) is 3.55. The van der Waals surface area contributed by atoms with E-state index in [9.17, 15) is 4.79 Å². The molecule has 1 aliphatic rings. The van der Waals surface area contributed by atoms with Crippen LogP contribution in [0.1, 0.15) is 23.6 Å². The summed E-state index contributed by atoms with van der Waals surface area (Å²) in [6.07, 6.45) is 4.59. The van der Waals surface area contributed by atoms with E-state index in [2.05, 4.69) is 10.3 Å². The van der Waals surface area contributed by atoms with Gasteiger partial charge in [-0.05, 0) is 35.7 Å². The zero-order valence-electron chi connectivity index (χ0n) is 17.0. The summed E-state index contributed by atoms with van der Waals surface area (Å²) in [5.41, 5.74) is 2.02. The molecule has 1 N–H and O–H groups in total. The van der Waals surface area contributed by atoms with Crippen molar-refractivity contribution in [3.8, 4) is 17.2 Å². The van der Waals surface area contributed by atoms with Crippen LogP contribution in [0.3, 0.4) is 0 Å². The molecular formula is C21H28ClN3O4. The van der Waals surface area contributed by atoms with E-state index in [1.165, 1.54) is 0 Å². The number of rotatable bonds is 7. The molecule has 0 bridgehead atoms. The van der Waals surface area contributed by atoms with Gasteiger partial charge in [-0.15, -0.1) is 12.4 Å². The van der Waals surface area contributed by atoms with Crippen molar-refractivity contribution in [2.75, 3.05) is 41.0 Å². The van der Waals surface area contributed by atoms with E-state index in [-0.39, 0.29) is 24.4 Å². The molecular weight excluding hydrogens is 394 g/mol. The molecule has 158 valence electrons. The van der Waals surface area contributed by atoms with Gasteiger partial charge in [-0.1, -0.05) is 6.07 Å². The molecule has 7 nitrogen and oxygen atoms in total. The number of carbonyl (C=O) groups is 1. The number of benzene rings is 1. The summed E-state index contributed by atoms with van der Waals surface area (Å²) in [6, 6.07) is 7.72. The lowest BCUT2D eigenvalue weighted by Crippen LogP contribution is -2.48. The second-order valence-corrected chi connectivity index (χ2v) is 6.63. The highest BCUT2D eigenvalue weighted by Crippen LogP contribution is 2.38. The van der Waals surface area contributed by atoms with Crippen LogP contribution in [0.15, 0.2) is 36.7 Å². The Morgan fingerprint density at radius 2 is 1.93 bits per heavy atom. The summed E-state index contributed by atoms with van der Waals surface area (Å²) in [4.78, 5) is 19.1. The second kappa shape index (κ2) is 10.9. The van der Waals surface area contributed by atoms with Crippen LogP contribution in [-0.4, -0.2) is 56.8 Å². The fraction of sp³-hybridized carbons (Fsp3) is 0.429. The molecule has 1 atom stereocenters. The summed E-state index contributed by atoms with van der Waals surface area (Å²) in [6.45, 7) is 2.22. The molecule has 0 spiro atoms. The van der Waals surface area contributed by atoms with Crippen molar-refractivity contribution >= 4 is 18.3 Å². The predicted molar refractivity (Wildman–Crippen MR) is 113 cm³/mol.